The van der Waals surface area contributed by atoms with Gasteiger partial charge in [-0.25, -0.2) is 4.79 Å². The summed E-state index contributed by atoms with van der Waals surface area (Å²) in [6.07, 6.45) is 0.978. The van der Waals surface area contributed by atoms with E-state index < -0.39 is 5.97 Å². The average molecular weight is 300 g/mol. The number of carbonyl (C=O) groups is 1. The Hall–Kier alpha value is -1.07. The fourth-order valence-corrected chi connectivity index (χ4v) is 2.42. The molecule has 1 N–H and O–H groups in total. The van der Waals surface area contributed by atoms with E-state index in [1.54, 1.807) is 12.1 Å². The number of nitrogens with zero attached hydrogens (tertiary/aromatic N) is 1. The molecule has 0 aromatic heterocycles. The number of likely N-dealkylation sites (N-methyl/N-ethyl adjacent to an activating group) is 1. The molecule has 1 fully saturated rings. The van der Waals surface area contributed by atoms with E-state index in [2.05, 4.69) is 20.8 Å². The van der Waals surface area contributed by atoms with Crippen LogP contribution in [0.2, 0.25) is 0 Å². The average Bonchev–Trinajstić information content (AvgIpc) is 2.80. The summed E-state index contributed by atoms with van der Waals surface area (Å²) in [6, 6.07) is 5.53. The number of aromatic carboxylic acids is 1. The zero-order chi connectivity index (χ0) is 12.4. The molecule has 1 aromatic rings. The van der Waals surface area contributed by atoms with E-state index in [0.29, 0.717) is 18.2 Å². The van der Waals surface area contributed by atoms with Gasteiger partial charge in [0.25, 0.3) is 0 Å². The molecule has 1 heterocycles. The summed E-state index contributed by atoms with van der Waals surface area (Å²) in [5.41, 5.74) is 1.19. The van der Waals surface area contributed by atoms with E-state index in [9.17, 15) is 4.79 Å². The Kier molecular flexibility index (Phi) is 3.69. The summed E-state index contributed by atoms with van der Waals surface area (Å²) in [5.74, 6) is -0.913. The van der Waals surface area contributed by atoms with E-state index in [4.69, 9.17) is 9.84 Å². The first-order chi connectivity index (χ1) is 8.08. The molecule has 1 saturated heterocycles. The van der Waals surface area contributed by atoms with Crippen LogP contribution in [0.25, 0.3) is 0 Å². The van der Waals surface area contributed by atoms with Crippen LogP contribution in [0.5, 0.6) is 0 Å². The fraction of sp³-hybridized carbons (Fsp3) is 0.417. The molecule has 1 aliphatic heterocycles. The van der Waals surface area contributed by atoms with Gasteiger partial charge < -0.3 is 14.7 Å². The van der Waals surface area contributed by atoms with Gasteiger partial charge in [0.2, 0.25) is 0 Å². The minimum absolute atomic E-state index is 0.292. The first kappa shape index (κ1) is 12.4. The molecule has 0 bridgehead atoms. The van der Waals surface area contributed by atoms with E-state index in [-0.39, 0.29) is 0 Å². The zero-order valence-corrected chi connectivity index (χ0v) is 11.1. The van der Waals surface area contributed by atoms with Crippen LogP contribution in [-0.2, 0) is 4.74 Å². The molecule has 92 valence electrons. The van der Waals surface area contributed by atoms with Gasteiger partial charge in [-0.15, -0.1) is 0 Å². The Morgan fingerprint density at radius 3 is 2.88 bits per heavy atom. The number of anilines is 1. The minimum Gasteiger partial charge on any atom is -0.478 e. The van der Waals surface area contributed by atoms with Crippen molar-refractivity contribution in [1.29, 1.82) is 0 Å². The summed E-state index contributed by atoms with van der Waals surface area (Å²) < 4.78 is 6.11. The first-order valence-electron chi connectivity index (χ1n) is 5.42. The van der Waals surface area contributed by atoms with Crippen LogP contribution < -0.4 is 4.90 Å². The molecule has 5 heteroatoms. The van der Waals surface area contributed by atoms with Crippen LogP contribution in [0, 0.1) is 0 Å². The van der Waals surface area contributed by atoms with Crippen molar-refractivity contribution >= 4 is 27.6 Å². The number of rotatable bonds is 3. The van der Waals surface area contributed by atoms with Crippen LogP contribution in [0.15, 0.2) is 22.7 Å². The third kappa shape index (κ3) is 2.79. The molecule has 1 unspecified atom stereocenters. The maximum absolute atomic E-state index is 11.0. The van der Waals surface area contributed by atoms with Crippen molar-refractivity contribution in [3.8, 4) is 0 Å². The van der Waals surface area contributed by atoms with Crippen molar-refractivity contribution in [3.63, 3.8) is 0 Å². The van der Waals surface area contributed by atoms with Gasteiger partial charge in [0.1, 0.15) is 0 Å². The van der Waals surface area contributed by atoms with Crippen LogP contribution in [0.4, 0.5) is 5.69 Å². The highest BCUT2D eigenvalue weighted by molar-refractivity contribution is 9.10. The number of carboxylic acid groups (broad SMARTS) is 1. The molecule has 1 aromatic carbocycles. The molecule has 0 saturated carbocycles. The monoisotopic (exact) mass is 299 g/mol. The third-order valence-electron chi connectivity index (χ3n) is 2.99. The van der Waals surface area contributed by atoms with Crippen molar-refractivity contribution in [2.75, 3.05) is 25.2 Å². The van der Waals surface area contributed by atoms with E-state index >= 15 is 0 Å². The fourth-order valence-electron chi connectivity index (χ4n) is 1.94. The zero-order valence-electron chi connectivity index (χ0n) is 9.52. The molecule has 2 rings (SSSR count). The quantitative estimate of drug-likeness (QED) is 0.931. The number of ether oxygens (including phenoxy) is 1. The summed E-state index contributed by atoms with van der Waals surface area (Å²) in [7, 11) is 1.97. The van der Waals surface area contributed by atoms with Crippen LogP contribution >= 0.6 is 15.9 Å². The summed E-state index contributed by atoms with van der Waals surface area (Å²) in [4.78, 5) is 13.1. The maximum Gasteiger partial charge on any atom is 0.335 e. The second-order valence-corrected chi connectivity index (χ2v) is 5.05. The molecular formula is C12H14BrNO3. The highest BCUT2D eigenvalue weighted by Crippen LogP contribution is 2.25. The van der Waals surface area contributed by atoms with Crippen LogP contribution in [-0.4, -0.2) is 37.4 Å². The summed E-state index contributed by atoms with van der Waals surface area (Å²) >= 11 is 3.34. The molecule has 0 radical (unpaired) electrons. The van der Waals surface area contributed by atoms with Gasteiger partial charge >= 0.3 is 5.97 Å². The number of hydrogen-bond donors (Lipinski definition) is 1. The predicted molar refractivity (Wildman–Crippen MR) is 68.7 cm³/mol. The Morgan fingerprint density at radius 2 is 2.29 bits per heavy atom. The molecule has 0 aliphatic carbocycles. The second-order valence-electron chi connectivity index (χ2n) is 4.13. The van der Waals surface area contributed by atoms with E-state index in [0.717, 1.165) is 23.2 Å². The van der Waals surface area contributed by atoms with Gasteiger partial charge in [0, 0.05) is 23.8 Å². The van der Waals surface area contributed by atoms with Crippen molar-refractivity contribution in [1.82, 2.24) is 0 Å². The molecule has 4 nitrogen and oxygen atoms in total. The summed E-state index contributed by atoms with van der Waals surface area (Å²) in [5, 5.41) is 9.02. The second kappa shape index (κ2) is 5.06. The lowest BCUT2D eigenvalue weighted by molar-refractivity contribution is 0.0697. The lowest BCUT2D eigenvalue weighted by atomic mass is 10.1. The number of halogens is 1. The number of benzene rings is 1. The van der Waals surface area contributed by atoms with Gasteiger partial charge in [-0.1, -0.05) is 15.9 Å². The van der Waals surface area contributed by atoms with Gasteiger partial charge in [0.15, 0.2) is 0 Å². The first-order valence-corrected chi connectivity index (χ1v) is 6.21. The standard InChI is InChI=1S/C12H14BrNO3/c1-14(10-2-3-17-7-10)11-5-8(12(15)16)4-9(13)6-11/h4-6,10H,2-3,7H2,1H3,(H,15,16). The van der Waals surface area contributed by atoms with Gasteiger partial charge in [-0.2, -0.15) is 0 Å². The minimum atomic E-state index is -0.913. The molecule has 17 heavy (non-hydrogen) atoms. The normalized spacial score (nSPS) is 19.3. The van der Waals surface area contributed by atoms with Gasteiger partial charge in [-0.05, 0) is 24.6 Å². The largest absolute Gasteiger partial charge is 0.478 e. The Bertz CT molecular complexity index is 430. The van der Waals surface area contributed by atoms with E-state index in [1.807, 2.05) is 13.1 Å². The smallest absolute Gasteiger partial charge is 0.335 e. The van der Waals surface area contributed by atoms with Crippen molar-refractivity contribution < 1.29 is 14.6 Å². The molecule has 1 atom stereocenters. The lowest BCUT2D eigenvalue weighted by Gasteiger charge is -2.25. The SMILES string of the molecule is CN(c1cc(Br)cc(C(=O)O)c1)C1CCOC1. The topological polar surface area (TPSA) is 49.8 Å². The number of carboxylic acids is 1. The van der Waals surface area contributed by atoms with Gasteiger partial charge in [0.05, 0.1) is 18.2 Å². The molecule has 0 amide bonds. The maximum atomic E-state index is 11.0. The Labute approximate surface area is 108 Å². The van der Waals surface area contributed by atoms with E-state index in [1.165, 1.54) is 0 Å². The van der Waals surface area contributed by atoms with Crippen LogP contribution in [0.3, 0.4) is 0 Å². The highest BCUT2D eigenvalue weighted by Gasteiger charge is 2.21. The third-order valence-corrected chi connectivity index (χ3v) is 3.45. The molecule has 1 aliphatic rings. The Morgan fingerprint density at radius 1 is 1.53 bits per heavy atom. The number of hydrogen-bond acceptors (Lipinski definition) is 3. The van der Waals surface area contributed by atoms with Crippen LogP contribution in [0.1, 0.15) is 16.8 Å². The Balaban J connectivity index is 2.27. The van der Waals surface area contributed by atoms with Gasteiger partial charge in [-0.3, -0.25) is 0 Å². The van der Waals surface area contributed by atoms with Crippen molar-refractivity contribution in [3.05, 3.63) is 28.2 Å². The lowest BCUT2D eigenvalue weighted by Crippen LogP contribution is -2.31. The van der Waals surface area contributed by atoms with Crippen molar-refractivity contribution in [2.24, 2.45) is 0 Å². The predicted octanol–water partition coefficient (Wildman–Crippen LogP) is 2.37. The molecule has 0 spiro atoms. The summed E-state index contributed by atoms with van der Waals surface area (Å²) in [6.45, 7) is 1.47. The van der Waals surface area contributed by atoms with Crippen molar-refractivity contribution in [2.45, 2.75) is 12.5 Å². The molecular weight excluding hydrogens is 286 g/mol. The highest BCUT2D eigenvalue weighted by atomic mass is 79.9.